The average molecular weight is 569 g/mol. The SMILES string of the molecule is c1ccc(-c2ccc(N(c3ccc4c(c3)sc3ccccc34)c3ccc4oc5c6ccncc6ccc5c4c3)cc2)cc1. The number of thiophene rings is 1. The molecule has 0 N–H and O–H groups in total. The number of aromatic nitrogens is 1. The van der Waals surface area contributed by atoms with Crippen LogP contribution in [0.15, 0.2) is 150 Å². The van der Waals surface area contributed by atoms with Crippen LogP contribution in [0.25, 0.3) is 64.0 Å². The number of hydrogen-bond acceptors (Lipinski definition) is 4. The Morgan fingerprint density at radius 3 is 2.14 bits per heavy atom. The standard InChI is InChI=1S/C39H24N2OS/c1-2-6-25(7-3-1)26-10-13-28(14-11-26)41(30-15-18-33-32-8-4-5-9-37(32)43-38(33)23-30)29-16-19-36-35(22-29)34-17-12-27-24-40-21-20-31(27)39(34)42-36/h1-24H. The van der Waals surface area contributed by atoms with Crippen molar-refractivity contribution in [2.24, 2.45) is 0 Å². The molecule has 0 amide bonds. The van der Waals surface area contributed by atoms with Crippen LogP contribution in [0.3, 0.4) is 0 Å². The van der Waals surface area contributed by atoms with Gasteiger partial charge in [0.2, 0.25) is 0 Å². The molecule has 4 heteroatoms. The Bertz CT molecular complexity index is 2460. The molecule has 3 aromatic heterocycles. The molecule has 202 valence electrons. The molecule has 43 heavy (non-hydrogen) atoms. The molecule has 3 nitrogen and oxygen atoms in total. The van der Waals surface area contributed by atoms with Gasteiger partial charge in [-0.05, 0) is 71.8 Å². The third kappa shape index (κ3) is 3.92. The maximum absolute atomic E-state index is 6.42. The Labute approximate surface area is 251 Å². The first kappa shape index (κ1) is 24.2. The number of furan rings is 1. The van der Waals surface area contributed by atoms with Gasteiger partial charge in [0.25, 0.3) is 0 Å². The third-order valence-corrected chi connectivity index (χ3v) is 9.48. The average Bonchev–Trinajstić information content (AvgIpc) is 3.64. The van der Waals surface area contributed by atoms with Crippen molar-refractivity contribution in [1.29, 1.82) is 0 Å². The highest BCUT2D eigenvalue weighted by Gasteiger charge is 2.18. The fourth-order valence-electron chi connectivity index (χ4n) is 6.26. The summed E-state index contributed by atoms with van der Waals surface area (Å²) in [4.78, 5) is 6.64. The monoisotopic (exact) mass is 568 g/mol. The Balaban J connectivity index is 1.24. The van der Waals surface area contributed by atoms with Crippen molar-refractivity contribution in [1.82, 2.24) is 4.98 Å². The molecule has 0 atom stereocenters. The van der Waals surface area contributed by atoms with Crippen molar-refractivity contribution >= 4 is 81.3 Å². The van der Waals surface area contributed by atoms with Crippen molar-refractivity contribution in [2.45, 2.75) is 0 Å². The van der Waals surface area contributed by atoms with Crippen molar-refractivity contribution in [2.75, 3.05) is 4.90 Å². The molecule has 6 aromatic carbocycles. The Morgan fingerprint density at radius 2 is 1.23 bits per heavy atom. The Hall–Kier alpha value is -5.45. The zero-order valence-corrected chi connectivity index (χ0v) is 23.9. The summed E-state index contributed by atoms with van der Waals surface area (Å²) in [6, 6.07) is 47.7. The van der Waals surface area contributed by atoms with Gasteiger partial charge in [0.1, 0.15) is 11.2 Å². The fourth-order valence-corrected chi connectivity index (χ4v) is 7.40. The van der Waals surface area contributed by atoms with E-state index < -0.39 is 0 Å². The summed E-state index contributed by atoms with van der Waals surface area (Å²) in [5.74, 6) is 0. The van der Waals surface area contributed by atoms with E-state index in [-0.39, 0.29) is 0 Å². The molecule has 0 aliphatic carbocycles. The second-order valence-corrected chi connectivity index (χ2v) is 11.9. The van der Waals surface area contributed by atoms with E-state index in [1.54, 1.807) is 0 Å². The first-order chi connectivity index (χ1) is 21.3. The maximum atomic E-state index is 6.42. The van der Waals surface area contributed by atoms with Gasteiger partial charge in [-0.3, -0.25) is 4.98 Å². The van der Waals surface area contributed by atoms with E-state index in [4.69, 9.17) is 4.42 Å². The van der Waals surface area contributed by atoms with Crippen LogP contribution in [0.5, 0.6) is 0 Å². The summed E-state index contributed by atoms with van der Waals surface area (Å²) in [6.07, 6.45) is 3.71. The van der Waals surface area contributed by atoms with Crippen LogP contribution < -0.4 is 4.90 Å². The van der Waals surface area contributed by atoms with Gasteiger partial charge < -0.3 is 9.32 Å². The molecule has 3 heterocycles. The maximum Gasteiger partial charge on any atom is 0.143 e. The molecule has 0 bridgehead atoms. The number of benzene rings is 6. The zero-order chi connectivity index (χ0) is 28.3. The van der Waals surface area contributed by atoms with Gasteiger partial charge >= 0.3 is 0 Å². The highest BCUT2D eigenvalue weighted by molar-refractivity contribution is 7.25. The molecule has 0 saturated carbocycles. The number of fused-ring (bicyclic) bond motifs is 8. The molecular formula is C39H24N2OS. The summed E-state index contributed by atoms with van der Waals surface area (Å²) < 4.78 is 9.01. The van der Waals surface area contributed by atoms with Crippen LogP contribution in [0, 0.1) is 0 Å². The minimum absolute atomic E-state index is 0.877. The van der Waals surface area contributed by atoms with E-state index >= 15 is 0 Å². The van der Waals surface area contributed by atoms with Crippen LogP contribution in [0.4, 0.5) is 17.1 Å². The van der Waals surface area contributed by atoms with Gasteiger partial charge in [0, 0.05) is 71.2 Å². The fraction of sp³-hybridized carbons (Fsp3) is 0. The molecule has 0 aliphatic heterocycles. The van der Waals surface area contributed by atoms with Crippen molar-refractivity contribution in [3.05, 3.63) is 146 Å². The van der Waals surface area contributed by atoms with Crippen LogP contribution in [-0.4, -0.2) is 4.98 Å². The number of hydrogen-bond donors (Lipinski definition) is 0. The largest absolute Gasteiger partial charge is 0.455 e. The minimum Gasteiger partial charge on any atom is -0.455 e. The van der Waals surface area contributed by atoms with Gasteiger partial charge in [0.15, 0.2) is 0 Å². The van der Waals surface area contributed by atoms with Gasteiger partial charge in [-0.1, -0.05) is 72.8 Å². The lowest BCUT2D eigenvalue weighted by Gasteiger charge is -2.26. The predicted octanol–water partition coefficient (Wildman–Crippen LogP) is 11.6. The topological polar surface area (TPSA) is 29.3 Å². The van der Waals surface area contributed by atoms with Crippen LogP contribution in [0.2, 0.25) is 0 Å². The second kappa shape index (κ2) is 9.55. The summed E-state index contributed by atoms with van der Waals surface area (Å²) in [7, 11) is 0. The first-order valence-corrected chi connectivity index (χ1v) is 15.2. The van der Waals surface area contributed by atoms with Crippen LogP contribution >= 0.6 is 11.3 Å². The quantitative estimate of drug-likeness (QED) is 0.211. The normalized spacial score (nSPS) is 11.7. The molecule has 9 aromatic rings. The van der Waals surface area contributed by atoms with Crippen molar-refractivity contribution in [3.63, 3.8) is 0 Å². The summed E-state index contributed by atoms with van der Waals surface area (Å²) in [5.41, 5.74) is 7.49. The predicted molar refractivity (Wildman–Crippen MR) is 182 cm³/mol. The number of pyridine rings is 1. The zero-order valence-electron chi connectivity index (χ0n) is 23.1. The van der Waals surface area contributed by atoms with Gasteiger partial charge in [-0.25, -0.2) is 0 Å². The summed E-state index contributed by atoms with van der Waals surface area (Å²) in [6.45, 7) is 0. The first-order valence-electron chi connectivity index (χ1n) is 14.4. The molecular weight excluding hydrogens is 545 g/mol. The van der Waals surface area contributed by atoms with E-state index in [1.807, 2.05) is 29.8 Å². The van der Waals surface area contributed by atoms with Crippen LogP contribution in [-0.2, 0) is 0 Å². The Kier molecular flexibility index (Phi) is 5.37. The number of anilines is 3. The molecule has 0 unspecified atom stereocenters. The minimum atomic E-state index is 0.877. The highest BCUT2D eigenvalue weighted by Crippen LogP contribution is 2.43. The van der Waals surface area contributed by atoms with E-state index in [9.17, 15) is 0 Å². The van der Waals surface area contributed by atoms with E-state index in [1.165, 1.54) is 31.3 Å². The van der Waals surface area contributed by atoms with Crippen molar-refractivity contribution < 1.29 is 4.42 Å². The lowest BCUT2D eigenvalue weighted by molar-refractivity contribution is 0.672. The summed E-state index contributed by atoms with van der Waals surface area (Å²) >= 11 is 1.84. The molecule has 0 saturated heterocycles. The van der Waals surface area contributed by atoms with Crippen molar-refractivity contribution in [3.8, 4) is 11.1 Å². The Morgan fingerprint density at radius 1 is 0.512 bits per heavy atom. The molecule has 0 spiro atoms. The molecule has 0 radical (unpaired) electrons. The van der Waals surface area contributed by atoms with Gasteiger partial charge in [-0.2, -0.15) is 0 Å². The lowest BCUT2D eigenvalue weighted by atomic mass is 10.0. The molecule has 0 aliphatic rings. The third-order valence-electron chi connectivity index (χ3n) is 8.35. The number of nitrogens with zero attached hydrogens (tertiary/aromatic N) is 2. The molecule has 0 fully saturated rings. The second-order valence-electron chi connectivity index (χ2n) is 10.8. The molecule has 9 rings (SSSR count). The van der Waals surface area contributed by atoms with E-state index in [0.29, 0.717) is 0 Å². The smallest absolute Gasteiger partial charge is 0.143 e. The highest BCUT2D eigenvalue weighted by atomic mass is 32.1. The van der Waals surface area contributed by atoms with Gasteiger partial charge in [0.05, 0.1) is 0 Å². The van der Waals surface area contributed by atoms with Crippen LogP contribution in [0.1, 0.15) is 0 Å². The van der Waals surface area contributed by atoms with E-state index in [0.717, 1.165) is 49.8 Å². The lowest BCUT2D eigenvalue weighted by Crippen LogP contribution is -2.09. The number of rotatable bonds is 4. The van der Waals surface area contributed by atoms with E-state index in [2.05, 4.69) is 137 Å². The summed E-state index contributed by atoms with van der Waals surface area (Å²) in [5, 5.41) is 6.96. The van der Waals surface area contributed by atoms with Gasteiger partial charge in [-0.15, -0.1) is 11.3 Å².